The zero-order chi connectivity index (χ0) is 15.6. The fourth-order valence-electron chi connectivity index (χ4n) is 1.82. The van der Waals surface area contributed by atoms with Crippen molar-refractivity contribution in [1.29, 1.82) is 0 Å². The van der Waals surface area contributed by atoms with E-state index < -0.39 is 9.05 Å². The van der Waals surface area contributed by atoms with E-state index >= 15 is 0 Å². The molecule has 0 radical (unpaired) electrons. The summed E-state index contributed by atoms with van der Waals surface area (Å²) in [6.07, 6.45) is 2.87. The van der Waals surface area contributed by atoms with Crippen LogP contribution in [-0.4, -0.2) is 28.1 Å². The Bertz CT molecular complexity index is 721. The van der Waals surface area contributed by atoms with E-state index in [1.54, 1.807) is 4.57 Å². The Morgan fingerprint density at radius 2 is 2.10 bits per heavy atom. The number of rotatable bonds is 6. The first-order valence-corrected chi connectivity index (χ1v) is 8.95. The number of hydrogen-bond donors (Lipinski definition) is 0. The van der Waals surface area contributed by atoms with Crippen LogP contribution in [0.2, 0.25) is 0 Å². The van der Waals surface area contributed by atoms with Gasteiger partial charge in [0.1, 0.15) is 12.4 Å². The summed E-state index contributed by atoms with van der Waals surface area (Å²) in [5.74, 6) is 1.82. The van der Waals surface area contributed by atoms with Crippen LogP contribution in [0.5, 0.6) is 0 Å². The molecule has 2 aromatic rings. The van der Waals surface area contributed by atoms with Gasteiger partial charge in [-0.1, -0.05) is 25.9 Å². The van der Waals surface area contributed by atoms with E-state index in [-0.39, 0.29) is 17.5 Å². The molecular formula is C12H17ClN4O3S. The van der Waals surface area contributed by atoms with E-state index in [0.717, 1.165) is 6.42 Å². The first-order chi connectivity index (χ1) is 9.81. The molecule has 0 aromatic carbocycles. The van der Waals surface area contributed by atoms with Crippen LogP contribution in [0.3, 0.4) is 0 Å². The SMILES string of the molecule is CCCc1nc(S(=O)(=O)Cl)cn1Cc1nc(C(C)C)no1. The maximum atomic E-state index is 11.4. The van der Waals surface area contributed by atoms with Gasteiger partial charge in [-0.05, 0) is 6.42 Å². The quantitative estimate of drug-likeness (QED) is 0.754. The van der Waals surface area contributed by atoms with Crippen LogP contribution in [0.1, 0.15) is 50.6 Å². The summed E-state index contributed by atoms with van der Waals surface area (Å²) in [6.45, 7) is 6.19. The van der Waals surface area contributed by atoms with E-state index in [1.807, 2.05) is 20.8 Å². The van der Waals surface area contributed by atoms with Gasteiger partial charge in [-0.25, -0.2) is 13.4 Å². The predicted octanol–water partition coefficient (Wildman–Crippen LogP) is 2.32. The second-order valence-electron chi connectivity index (χ2n) is 5.01. The lowest BCUT2D eigenvalue weighted by molar-refractivity contribution is 0.363. The highest BCUT2D eigenvalue weighted by molar-refractivity contribution is 8.13. The molecule has 0 aliphatic carbocycles. The van der Waals surface area contributed by atoms with Gasteiger partial charge in [-0.15, -0.1) is 0 Å². The fraction of sp³-hybridized carbons (Fsp3) is 0.583. The number of hydrogen-bond acceptors (Lipinski definition) is 6. The Labute approximate surface area is 127 Å². The molecule has 0 fully saturated rings. The summed E-state index contributed by atoms with van der Waals surface area (Å²) in [5.41, 5.74) is 0. The first kappa shape index (κ1) is 16.0. The van der Waals surface area contributed by atoms with Crippen molar-refractivity contribution < 1.29 is 12.9 Å². The molecule has 21 heavy (non-hydrogen) atoms. The van der Waals surface area contributed by atoms with Crippen LogP contribution < -0.4 is 0 Å². The Kier molecular flexibility index (Phi) is 4.67. The van der Waals surface area contributed by atoms with Crippen molar-refractivity contribution in [3.63, 3.8) is 0 Å². The van der Waals surface area contributed by atoms with Crippen molar-refractivity contribution in [2.75, 3.05) is 0 Å². The van der Waals surface area contributed by atoms with E-state index in [9.17, 15) is 8.42 Å². The zero-order valence-electron chi connectivity index (χ0n) is 12.1. The van der Waals surface area contributed by atoms with Crippen LogP contribution in [0, 0.1) is 0 Å². The smallest absolute Gasteiger partial charge is 0.280 e. The van der Waals surface area contributed by atoms with Crippen molar-refractivity contribution in [3.8, 4) is 0 Å². The number of nitrogens with zero attached hydrogens (tertiary/aromatic N) is 4. The van der Waals surface area contributed by atoms with Gasteiger partial charge in [0.15, 0.2) is 10.9 Å². The second-order valence-corrected chi connectivity index (χ2v) is 7.52. The minimum atomic E-state index is -3.85. The molecule has 2 heterocycles. The van der Waals surface area contributed by atoms with Gasteiger partial charge in [-0.2, -0.15) is 4.98 Å². The highest BCUT2D eigenvalue weighted by Crippen LogP contribution is 2.17. The molecule has 0 saturated heterocycles. The van der Waals surface area contributed by atoms with Crippen molar-refractivity contribution in [3.05, 3.63) is 23.7 Å². The van der Waals surface area contributed by atoms with Crippen molar-refractivity contribution in [2.24, 2.45) is 0 Å². The molecule has 0 atom stereocenters. The third kappa shape index (κ3) is 3.82. The highest BCUT2D eigenvalue weighted by atomic mass is 35.7. The van der Waals surface area contributed by atoms with Gasteiger partial charge in [0.25, 0.3) is 9.05 Å². The van der Waals surface area contributed by atoms with Crippen LogP contribution in [0.25, 0.3) is 0 Å². The number of aryl methyl sites for hydroxylation is 1. The van der Waals surface area contributed by atoms with E-state index in [4.69, 9.17) is 15.2 Å². The summed E-state index contributed by atoms with van der Waals surface area (Å²) in [7, 11) is 1.49. The minimum Gasteiger partial charge on any atom is -0.337 e. The Hall–Kier alpha value is -1.41. The summed E-state index contributed by atoms with van der Waals surface area (Å²) in [5, 5.41) is 3.72. The average Bonchev–Trinajstić information content (AvgIpc) is 2.97. The molecule has 0 saturated carbocycles. The van der Waals surface area contributed by atoms with Crippen molar-refractivity contribution in [1.82, 2.24) is 19.7 Å². The Balaban J connectivity index is 2.31. The largest absolute Gasteiger partial charge is 0.337 e. The lowest BCUT2D eigenvalue weighted by Crippen LogP contribution is -2.04. The average molecular weight is 333 g/mol. The van der Waals surface area contributed by atoms with Gasteiger partial charge in [0.05, 0.1) is 0 Å². The van der Waals surface area contributed by atoms with Gasteiger partial charge in [0.2, 0.25) is 5.89 Å². The molecule has 116 valence electrons. The summed E-state index contributed by atoms with van der Waals surface area (Å²) < 4.78 is 29.6. The minimum absolute atomic E-state index is 0.156. The molecule has 0 amide bonds. The molecule has 9 heteroatoms. The van der Waals surface area contributed by atoms with Crippen LogP contribution >= 0.6 is 10.7 Å². The van der Waals surface area contributed by atoms with Crippen LogP contribution in [0.4, 0.5) is 0 Å². The lowest BCUT2D eigenvalue weighted by atomic mass is 10.2. The highest BCUT2D eigenvalue weighted by Gasteiger charge is 2.19. The van der Waals surface area contributed by atoms with Crippen molar-refractivity contribution in [2.45, 2.75) is 51.1 Å². The molecule has 0 aliphatic rings. The number of aromatic nitrogens is 4. The molecule has 2 aromatic heterocycles. The number of imidazole rings is 1. The Morgan fingerprint density at radius 3 is 2.62 bits per heavy atom. The summed E-state index contributed by atoms with van der Waals surface area (Å²) in [4.78, 5) is 8.33. The van der Waals surface area contributed by atoms with E-state index in [0.29, 0.717) is 24.0 Å². The second kappa shape index (κ2) is 6.15. The molecule has 2 rings (SSSR count). The molecular weight excluding hydrogens is 316 g/mol. The Morgan fingerprint density at radius 1 is 1.38 bits per heavy atom. The van der Waals surface area contributed by atoms with Crippen molar-refractivity contribution >= 4 is 19.7 Å². The van der Waals surface area contributed by atoms with Gasteiger partial charge >= 0.3 is 0 Å². The van der Waals surface area contributed by atoms with Gasteiger partial charge in [0, 0.05) is 29.2 Å². The maximum Gasteiger partial charge on any atom is 0.280 e. The zero-order valence-corrected chi connectivity index (χ0v) is 13.6. The lowest BCUT2D eigenvalue weighted by Gasteiger charge is -2.02. The third-order valence-electron chi connectivity index (χ3n) is 2.87. The fourth-order valence-corrected chi connectivity index (χ4v) is 2.51. The monoisotopic (exact) mass is 332 g/mol. The normalized spacial score (nSPS) is 12.2. The first-order valence-electron chi connectivity index (χ1n) is 6.64. The predicted molar refractivity (Wildman–Crippen MR) is 76.7 cm³/mol. The number of halogens is 1. The maximum absolute atomic E-state index is 11.4. The summed E-state index contributed by atoms with van der Waals surface area (Å²) in [6, 6.07) is 0. The van der Waals surface area contributed by atoms with E-state index in [2.05, 4.69) is 15.1 Å². The van der Waals surface area contributed by atoms with Crippen LogP contribution in [-0.2, 0) is 22.0 Å². The topological polar surface area (TPSA) is 90.9 Å². The van der Waals surface area contributed by atoms with Crippen LogP contribution in [0.15, 0.2) is 15.7 Å². The van der Waals surface area contributed by atoms with Gasteiger partial charge < -0.3 is 9.09 Å². The molecule has 0 aliphatic heterocycles. The molecule has 0 spiro atoms. The van der Waals surface area contributed by atoms with Gasteiger partial charge in [-0.3, -0.25) is 0 Å². The molecule has 7 nitrogen and oxygen atoms in total. The molecule has 0 unspecified atom stereocenters. The molecule has 0 N–H and O–H groups in total. The third-order valence-corrected chi connectivity index (χ3v) is 4.04. The molecule has 0 bridgehead atoms. The standard InChI is InChI=1S/C12H17ClN4O3S/c1-4-5-9-14-11(21(13,18)19)7-17(9)6-10-15-12(8(2)3)16-20-10/h7-8H,4-6H2,1-3H3. The summed E-state index contributed by atoms with van der Waals surface area (Å²) >= 11 is 0. The van der Waals surface area contributed by atoms with E-state index in [1.165, 1.54) is 6.20 Å².